The third-order valence-corrected chi connectivity index (χ3v) is 5.25. The number of methoxy groups -OCH3 is 1. The van der Waals surface area contributed by atoms with Gasteiger partial charge in [-0.2, -0.15) is 10.4 Å². The van der Waals surface area contributed by atoms with Crippen LogP contribution >= 0.6 is 0 Å². The number of alkyl halides is 3. The van der Waals surface area contributed by atoms with Gasteiger partial charge in [-0.25, -0.2) is 9.48 Å². The second-order valence-corrected chi connectivity index (χ2v) is 7.51. The fourth-order valence-electron chi connectivity index (χ4n) is 3.27. The summed E-state index contributed by atoms with van der Waals surface area (Å²) in [5.41, 5.74) is -1.20. The van der Waals surface area contributed by atoms with Gasteiger partial charge < -0.3 is 19.9 Å². The Hall–Kier alpha value is -4.27. The number of carbonyl (C=O) groups is 2. The highest BCUT2D eigenvalue weighted by molar-refractivity contribution is 5.95. The van der Waals surface area contributed by atoms with E-state index in [2.05, 4.69) is 15.2 Å². The number of carboxylic acids is 1. The van der Waals surface area contributed by atoms with Crippen molar-refractivity contribution in [1.82, 2.24) is 15.1 Å². The van der Waals surface area contributed by atoms with Crippen LogP contribution in [0.25, 0.3) is 10.9 Å². The zero-order valence-electron chi connectivity index (χ0n) is 18.2. The number of halogens is 3. The molecule has 1 heterocycles. The fraction of sp³-hybridized carbons (Fsp3) is 0.273. The highest BCUT2D eigenvalue weighted by atomic mass is 19.4. The van der Waals surface area contributed by atoms with E-state index in [1.165, 1.54) is 36.9 Å². The van der Waals surface area contributed by atoms with Gasteiger partial charge in [-0.1, -0.05) is 0 Å². The number of ether oxygens (including phenoxy) is 2. The maximum absolute atomic E-state index is 12.7. The van der Waals surface area contributed by atoms with Crippen LogP contribution in [0.1, 0.15) is 40.6 Å². The van der Waals surface area contributed by atoms with Crippen LogP contribution in [0.5, 0.6) is 11.6 Å². The average Bonchev–Trinajstić information content (AvgIpc) is 3.15. The van der Waals surface area contributed by atoms with Crippen molar-refractivity contribution >= 4 is 22.8 Å². The lowest BCUT2D eigenvalue weighted by Gasteiger charge is -2.30. The zero-order chi connectivity index (χ0) is 25.3. The van der Waals surface area contributed by atoms with Crippen LogP contribution in [0.2, 0.25) is 0 Å². The number of hydrogen-bond donors (Lipinski definition) is 2. The summed E-state index contributed by atoms with van der Waals surface area (Å²) in [5, 5.41) is 26.5. The topological polar surface area (TPSA) is 126 Å². The van der Waals surface area contributed by atoms with Gasteiger partial charge in [-0.3, -0.25) is 4.79 Å². The quantitative estimate of drug-likeness (QED) is 0.529. The molecule has 0 spiro atoms. The lowest BCUT2D eigenvalue weighted by Crippen LogP contribution is -2.50. The summed E-state index contributed by atoms with van der Waals surface area (Å²) in [6, 6.07) is 9.74. The van der Waals surface area contributed by atoms with Crippen LogP contribution in [0, 0.1) is 11.3 Å². The van der Waals surface area contributed by atoms with Gasteiger partial charge in [-0.15, -0.1) is 13.2 Å². The van der Waals surface area contributed by atoms with Crippen LogP contribution in [0.3, 0.4) is 0 Å². The fourth-order valence-corrected chi connectivity index (χ4v) is 3.27. The first-order chi connectivity index (χ1) is 15.9. The SMILES string of the molecule is COc1c2ccc(C(=O)O)cc2nn1C(C)C(C)(C#N)NC(=O)c1ccc(OC(F)(F)F)cc1. The summed E-state index contributed by atoms with van der Waals surface area (Å²) < 4.78 is 47.6. The van der Waals surface area contributed by atoms with Gasteiger partial charge >= 0.3 is 12.3 Å². The number of amides is 1. The minimum Gasteiger partial charge on any atom is -0.481 e. The Morgan fingerprint density at radius 1 is 1.18 bits per heavy atom. The summed E-state index contributed by atoms with van der Waals surface area (Å²) in [6.45, 7) is 3.06. The van der Waals surface area contributed by atoms with Crippen LogP contribution in [0.4, 0.5) is 13.2 Å². The Balaban J connectivity index is 1.90. The smallest absolute Gasteiger partial charge is 0.481 e. The Morgan fingerprint density at radius 3 is 2.32 bits per heavy atom. The highest BCUT2D eigenvalue weighted by Crippen LogP contribution is 2.33. The molecule has 9 nitrogen and oxygen atoms in total. The van der Waals surface area contributed by atoms with Crippen LogP contribution < -0.4 is 14.8 Å². The largest absolute Gasteiger partial charge is 0.573 e. The molecule has 2 unspecified atom stereocenters. The second kappa shape index (κ2) is 8.93. The molecule has 0 saturated carbocycles. The third-order valence-electron chi connectivity index (χ3n) is 5.25. The average molecular weight is 476 g/mol. The molecule has 0 aliphatic carbocycles. The van der Waals surface area contributed by atoms with Gasteiger partial charge in [0.25, 0.3) is 5.91 Å². The molecule has 0 saturated heterocycles. The number of hydrogen-bond acceptors (Lipinski definition) is 6. The zero-order valence-corrected chi connectivity index (χ0v) is 18.2. The number of nitrogens with zero attached hydrogens (tertiary/aromatic N) is 3. The molecular weight excluding hydrogens is 457 g/mol. The molecule has 0 aliphatic heterocycles. The van der Waals surface area contributed by atoms with E-state index in [1.54, 1.807) is 6.92 Å². The summed E-state index contributed by atoms with van der Waals surface area (Å²) in [6.07, 6.45) is -4.86. The number of fused-ring (bicyclic) bond motifs is 1. The van der Waals surface area contributed by atoms with Crippen molar-refractivity contribution in [2.24, 2.45) is 0 Å². The van der Waals surface area contributed by atoms with Gasteiger partial charge in [-0.05, 0) is 56.3 Å². The first-order valence-electron chi connectivity index (χ1n) is 9.77. The first kappa shape index (κ1) is 24.4. The summed E-state index contributed by atoms with van der Waals surface area (Å²) in [4.78, 5) is 24.0. The summed E-state index contributed by atoms with van der Waals surface area (Å²) in [7, 11) is 1.39. The molecule has 0 aliphatic rings. The second-order valence-electron chi connectivity index (χ2n) is 7.51. The lowest BCUT2D eigenvalue weighted by atomic mass is 9.94. The van der Waals surface area contributed by atoms with Gasteiger partial charge in [0.05, 0.1) is 35.7 Å². The van der Waals surface area contributed by atoms with E-state index in [0.29, 0.717) is 10.9 Å². The molecule has 34 heavy (non-hydrogen) atoms. The molecule has 3 rings (SSSR count). The van der Waals surface area contributed by atoms with Crippen molar-refractivity contribution in [3.05, 3.63) is 53.6 Å². The number of benzene rings is 2. The van der Waals surface area contributed by atoms with E-state index in [0.717, 1.165) is 24.3 Å². The van der Waals surface area contributed by atoms with Crippen molar-refractivity contribution in [3.63, 3.8) is 0 Å². The van der Waals surface area contributed by atoms with Crippen LogP contribution in [-0.4, -0.2) is 45.8 Å². The number of carboxylic acid groups (broad SMARTS) is 1. The van der Waals surface area contributed by atoms with Crippen molar-refractivity contribution in [1.29, 1.82) is 5.26 Å². The number of rotatable bonds is 7. The maximum Gasteiger partial charge on any atom is 0.573 e. The predicted octanol–water partition coefficient (Wildman–Crippen LogP) is 3.91. The Bertz CT molecular complexity index is 1280. The molecule has 0 radical (unpaired) electrons. The van der Waals surface area contributed by atoms with Gasteiger partial charge in [0.2, 0.25) is 5.88 Å². The number of carbonyl (C=O) groups excluding carboxylic acids is 1. The molecule has 3 aromatic rings. The maximum atomic E-state index is 12.7. The molecule has 178 valence electrons. The van der Waals surface area contributed by atoms with Crippen molar-refractivity contribution < 1.29 is 37.3 Å². The minimum atomic E-state index is -4.86. The van der Waals surface area contributed by atoms with E-state index in [-0.39, 0.29) is 17.0 Å². The van der Waals surface area contributed by atoms with Gasteiger partial charge in [0, 0.05) is 5.56 Å². The predicted molar refractivity (Wildman–Crippen MR) is 113 cm³/mol. The van der Waals surface area contributed by atoms with Gasteiger partial charge in [0.15, 0.2) is 0 Å². The lowest BCUT2D eigenvalue weighted by molar-refractivity contribution is -0.274. The standard InChI is InChI=1S/C22H19F3N4O5/c1-12(29-19(33-3)16-9-6-14(20(31)32)10-17(16)28-29)21(2,11-26)27-18(30)13-4-7-15(8-5-13)34-22(23,24)25/h4-10,12H,1-3H3,(H,27,30)(H,31,32). The van der Waals surface area contributed by atoms with Crippen LogP contribution in [-0.2, 0) is 0 Å². The minimum absolute atomic E-state index is 0.00638. The van der Waals surface area contributed by atoms with Crippen LogP contribution in [0.15, 0.2) is 42.5 Å². The molecule has 2 aromatic carbocycles. The monoisotopic (exact) mass is 476 g/mol. The molecule has 2 N–H and O–H groups in total. The molecule has 2 atom stereocenters. The number of nitrogens with one attached hydrogen (secondary N) is 1. The highest BCUT2D eigenvalue weighted by Gasteiger charge is 2.37. The number of nitriles is 1. The Kier molecular flexibility index (Phi) is 6.40. The Labute approximate surface area is 191 Å². The molecular formula is C22H19F3N4O5. The molecule has 12 heteroatoms. The number of aromatic nitrogens is 2. The van der Waals surface area contributed by atoms with Crippen molar-refractivity contribution in [2.75, 3.05) is 7.11 Å². The summed E-state index contributed by atoms with van der Waals surface area (Å²) >= 11 is 0. The van der Waals surface area contributed by atoms with E-state index >= 15 is 0 Å². The molecule has 1 amide bonds. The third kappa shape index (κ3) is 4.88. The van der Waals surface area contributed by atoms with E-state index in [1.807, 2.05) is 6.07 Å². The van der Waals surface area contributed by atoms with E-state index in [4.69, 9.17) is 4.74 Å². The van der Waals surface area contributed by atoms with E-state index in [9.17, 15) is 33.1 Å². The van der Waals surface area contributed by atoms with Gasteiger partial charge in [0.1, 0.15) is 11.3 Å². The number of aromatic carboxylic acids is 1. The van der Waals surface area contributed by atoms with Crippen molar-refractivity contribution in [2.45, 2.75) is 31.8 Å². The Morgan fingerprint density at radius 2 is 1.79 bits per heavy atom. The van der Waals surface area contributed by atoms with E-state index < -0.39 is 35.6 Å². The summed E-state index contributed by atoms with van der Waals surface area (Å²) in [5.74, 6) is -2.08. The first-order valence-corrected chi connectivity index (χ1v) is 9.77. The molecule has 0 bridgehead atoms. The van der Waals surface area contributed by atoms with Crippen molar-refractivity contribution in [3.8, 4) is 17.7 Å². The normalized spacial score (nSPS) is 14.0. The molecule has 0 fully saturated rings. The molecule has 1 aromatic heterocycles.